The molecule has 1 amide bonds. The van der Waals surface area contributed by atoms with E-state index in [9.17, 15) is 9.59 Å². The zero-order valence-electron chi connectivity index (χ0n) is 14.4. The zero-order valence-corrected chi connectivity index (χ0v) is 15.2. The van der Waals surface area contributed by atoms with Gasteiger partial charge in [0.25, 0.3) is 5.56 Å². The number of hydrogen-bond acceptors (Lipinski definition) is 3. The van der Waals surface area contributed by atoms with Crippen LogP contribution in [-0.2, 0) is 11.8 Å². The molecule has 0 saturated heterocycles. The summed E-state index contributed by atoms with van der Waals surface area (Å²) in [6.07, 6.45) is 4.72. The van der Waals surface area contributed by atoms with Gasteiger partial charge in [0, 0.05) is 18.5 Å². The van der Waals surface area contributed by atoms with Crippen LogP contribution < -0.4 is 10.9 Å². The van der Waals surface area contributed by atoms with E-state index in [0.717, 1.165) is 25.7 Å². The SMILES string of the molecule is CCCCCCC(=O)NC(C)c1nc2cc(Cl)ccc2c(=O)n1C. The Hall–Kier alpha value is -1.88. The van der Waals surface area contributed by atoms with Crippen LogP contribution >= 0.6 is 11.6 Å². The molecule has 1 aromatic carbocycles. The summed E-state index contributed by atoms with van der Waals surface area (Å²) in [6.45, 7) is 3.97. The summed E-state index contributed by atoms with van der Waals surface area (Å²) in [7, 11) is 1.67. The van der Waals surface area contributed by atoms with Gasteiger partial charge in [-0.05, 0) is 31.5 Å². The van der Waals surface area contributed by atoms with Gasteiger partial charge in [-0.1, -0.05) is 37.8 Å². The molecule has 2 aromatic rings. The van der Waals surface area contributed by atoms with E-state index in [4.69, 9.17) is 11.6 Å². The topological polar surface area (TPSA) is 64.0 Å². The first-order valence-corrected chi connectivity index (χ1v) is 8.77. The monoisotopic (exact) mass is 349 g/mol. The van der Waals surface area contributed by atoms with Crippen LogP contribution in [0.2, 0.25) is 5.02 Å². The number of nitrogens with one attached hydrogen (secondary N) is 1. The average molecular weight is 350 g/mol. The molecule has 6 heteroatoms. The fourth-order valence-electron chi connectivity index (χ4n) is 2.74. The van der Waals surface area contributed by atoms with Crippen LogP contribution in [0.3, 0.4) is 0 Å². The molecule has 1 atom stereocenters. The average Bonchev–Trinajstić information content (AvgIpc) is 2.54. The first kappa shape index (κ1) is 18.5. The highest BCUT2D eigenvalue weighted by Crippen LogP contribution is 2.17. The minimum absolute atomic E-state index is 0.0148. The molecule has 2 rings (SSSR count). The molecular weight excluding hydrogens is 326 g/mol. The quantitative estimate of drug-likeness (QED) is 0.774. The Bertz CT molecular complexity index is 786. The summed E-state index contributed by atoms with van der Waals surface area (Å²) in [6, 6.07) is 4.67. The minimum atomic E-state index is -0.343. The van der Waals surface area contributed by atoms with Gasteiger partial charge < -0.3 is 5.32 Å². The van der Waals surface area contributed by atoms with Gasteiger partial charge in [0.15, 0.2) is 0 Å². The van der Waals surface area contributed by atoms with Crippen molar-refractivity contribution in [3.05, 3.63) is 39.4 Å². The molecule has 0 aliphatic heterocycles. The number of rotatable bonds is 7. The molecule has 0 aliphatic rings. The molecule has 0 fully saturated rings. The van der Waals surface area contributed by atoms with Crippen molar-refractivity contribution in [2.24, 2.45) is 7.05 Å². The van der Waals surface area contributed by atoms with Crippen molar-refractivity contribution in [2.75, 3.05) is 0 Å². The maximum absolute atomic E-state index is 12.5. The van der Waals surface area contributed by atoms with Gasteiger partial charge in [-0.25, -0.2) is 4.98 Å². The molecule has 1 heterocycles. The van der Waals surface area contributed by atoms with E-state index in [1.165, 1.54) is 4.57 Å². The molecule has 0 bridgehead atoms. The van der Waals surface area contributed by atoms with Crippen LogP contribution in [0.5, 0.6) is 0 Å². The standard InChI is InChI=1S/C18H24ClN3O2/c1-4-5-6-7-8-16(23)20-12(2)17-21-15-11-13(19)9-10-14(15)18(24)22(17)3/h9-12H,4-8H2,1-3H3,(H,20,23). The largest absolute Gasteiger partial charge is 0.346 e. The highest BCUT2D eigenvalue weighted by molar-refractivity contribution is 6.31. The number of carbonyl (C=O) groups excluding carboxylic acids is 1. The smallest absolute Gasteiger partial charge is 0.261 e. The lowest BCUT2D eigenvalue weighted by atomic mass is 10.1. The van der Waals surface area contributed by atoms with Crippen LogP contribution in [0.1, 0.15) is 57.8 Å². The van der Waals surface area contributed by atoms with Crippen molar-refractivity contribution in [1.82, 2.24) is 14.9 Å². The van der Waals surface area contributed by atoms with E-state index >= 15 is 0 Å². The van der Waals surface area contributed by atoms with E-state index in [-0.39, 0.29) is 17.5 Å². The molecule has 0 spiro atoms. The number of halogens is 1. The summed E-state index contributed by atoms with van der Waals surface area (Å²) < 4.78 is 1.48. The predicted molar refractivity (Wildman–Crippen MR) is 97.3 cm³/mol. The number of aromatic nitrogens is 2. The summed E-state index contributed by atoms with van der Waals surface area (Å²) in [5.74, 6) is 0.510. The predicted octanol–water partition coefficient (Wildman–Crippen LogP) is 3.73. The van der Waals surface area contributed by atoms with Crippen molar-refractivity contribution in [3.8, 4) is 0 Å². The number of hydrogen-bond donors (Lipinski definition) is 1. The van der Waals surface area contributed by atoms with Gasteiger partial charge in [0.05, 0.1) is 16.9 Å². The molecule has 1 unspecified atom stereocenters. The van der Waals surface area contributed by atoms with Gasteiger partial charge in [-0.3, -0.25) is 14.2 Å². The molecule has 0 saturated carbocycles. The van der Waals surface area contributed by atoms with Gasteiger partial charge >= 0.3 is 0 Å². The van der Waals surface area contributed by atoms with Crippen LogP contribution in [0.15, 0.2) is 23.0 Å². The highest BCUT2D eigenvalue weighted by atomic mass is 35.5. The van der Waals surface area contributed by atoms with Crippen LogP contribution in [0, 0.1) is 0 Å². The number of carbonyl (C=O) groups is 1. The maximum Gasteiger partial charge on any atom is 0.261 e. The number of unbranched alkanes of at least 4 members (excludes halogenated alkanes) is 3. The maximum atomic E-state index is 12.5. The number of benzene rings is 1. The fourth-order valence-corrected chi connectivity index (χ4v) is 2.91. The van der Waals surface area contributed by atoms with Crippen molar-refractivity contribution in [2.45, 2.75) is 52.0 Å². The molecule has 0 aliphatic carbocycles. The lowest BCUT2D eigenvalue weighted by Crippen LogP contribution is -2.32. The van der Waals surface area contributed by atoms with E-state index < -0.39 is 0 Å². The fraction of sp³-hybridized carbons (Fsp3) is 0.500. The van der Waals surface area contributed by atoms with Crippen LogP contribution in [0.25, 0.3) is 10.9 Å². The Balaban J connectivity index is 2.17. The van der Waals surface area contributed by atoms with Crippen LogP contribution in [-0.4, -0.2) is 15.5 Å². The van der Waals surface area contributed by atoms with Gasteiger partial charge in [0.1, 0.15) is 5.82 Å². The van der Waals surface area contributed by atoms with Crippen molar-refractivity contribution in [1.29, 1.82) is 0 Å². The van der Waals surface area contributed by atoms with E-state index in [0.29, 0.717) is 28.2 Å². The third kappa shape index (κ3) is 4.35. The number of nitrogens with zero attached hydrogens (tertiary/aromatic N) is 2. The Morgan fingerprint density at radius 1 is 1.33 bits per heavy atom. The Labute approximate surface area is 147 Å². The molecule has 1 N–H and O–H groups in total. The van der Waals surface area contributed by atoms with Crippen molar-refractivity contribution in [3.63, 3.8) is 0 Å². The summed E-state index contributed by atoms with van der Waals surface area (Å²) in [5, 5.41) is 3.97. The third-order valence-electron chi connectivity index (χ3n) is 4.10. The van der Waals surface area contributed by atoms with Crippen molar-refractivity contribution >= 4 is 28.4 Å². The van der Waals surface area contributed by atoms with Crippen LogP contribution in [0.4, 0.5) is 0 Å². The highest BCUT2D eigenvalue weighted by Gasteiger charge is 2.16. The van der Waals surface area contributed by atoms with Gasteiger partial charge in [0.2, 0.25) is 5.91 Å². The van der Waals surface area contributed by atoms with Gasteiger partial charge in [-0.2, -0.15) is 0 Å². The summed E-state index contributed by atoms with van der Waals surface area (Å²) in [5.41, 5.74) is 0.403. The Morgan fingerprint density at radius 2 is 2.08 bits per heavy atom. The molecule has 24 heavy (non-hydrogen) atoms. The van der Waals surface area contributed by atoms with E-state index in [2.05, 4.69) is 17.2 Å². The molecule has 130 valence electrons. The molecular formula is C18H24ClN3O2. The number of fused-ring (bicyclic) bond motifs is 1. The third-order valence-corrected chi connectivity index (χ3v) is 4.33. The second kappa shape index (κ2) is 8.29. The lowest BCUT2D eigenvalue weighted by molar-refractivity contribution is -0.121. The second-order valence-electron chi connectivity index (χ2n) is 6.10. The Kier molecular flexibility index (Phi) is 6.37. The normalized spacial score (nSPS) is 12.3. The van der Waals surface area contributed by atoms with Gasteiger partial charge in [-0.15, -0.1) is 0 Å². The van der Waals surface area contributed by atoms with E-state index in [1.807, 2.05) is 6.92 Å². The minimum Gasteiger partial charge on any atom is -0.346 e. The summed E-state index contributed by atoms with van der Waals surface area (Å²) in [4.78, 5) is 29.0. The van der Waals surface area contributed by atoms with E-state index in [1.54, 1.807) is 25.2 Å². The lowest BCUT2D eigenvalue weighted by Gasteiger charge is -2.17. The second-order valence-corrected chi connectivity index (χ2v) is 6.53. The Morgan fingerprint density at radius 3 is 2.79 bits per heavy atom. The first-order chi connectivity index (χ1) is 11.4. The molecule has 0 radical (unpaired) electrons. The zero-order chi connectivity index (χ0) is 17.7. The number of amides is 1. The molecule has 5 nitrogen and oxygen atoms in total. The summed E-state index contributed by atoms with van der Waals surface area (Å²) >= 11 is 5.99. The van der Waals surface area contributed by atoms with Crippen molar-refractivity contribution < 1.29 is 4.79 Å². The molecule has 1 aromatic heterocycles. The first-order valence-electron chi connectivity index (χ1n) is 8.39.